The topological polar surface area (TPSA) is 32.3 Å². The van der Waals surface area contributed by atoms with Crippen LogP contribution in [0.25, 0.3) is 10.8 Å². The third-order valence-corrected chi connectivity index (χ3v) is 5.42. The Kier molecular flexibility index (Phi) is 5.35. The smallest absolute Gasteiger partial charge is 0.227 e. The Morgan fingerprint density at radius 3 is 2.50 bits per heavy atom. The SMILES string of the molecule is O=C(Nc1ccc(F)c(F)c1)C1CCN(Cc2cccc3ccccc23)CC1. The largest absolute Gasteiger partial charge is 0.326 e. The molecule has 1 N–H and O–H groups in total. The van der Waals surface area contributed by atoms with E-state index in [1.807, 2.05) is 6.07 Å². The Hall–Kier alpha value is -2.79. The van der Waals surface area contributed by atoms with E-state index in [4.69, 9.17) is 0 Å². The third kappa shape index (κ3) is 4.04. The number of hydrogen-bond donors (Lipinski definition) is 1. The molecular weight excluding hydrogens is 358 g/mol. The van der Waals surface area contributed by atoms with Crippen LogP contribution in [0.5, 0.6) is 0 Å². The van der Waals surface area contributed by atoms with Gasteiger partial charge in [0.05, 0.1) is 0 Å². The molecule has 0 atom stereocenters. The van der Waals surface area contributed by atoms with Crippen molar-refractivity contribution in [3.8, 4) is 0 Å². The van der Waals surface area contributed by atoms with Crippen molar-refractivity contribution >= 4 is 22.4 Å². The van der Waals surface area contributed by atoms with Crippen LogP contribution in [0.15, 0.2) is 60.7 Å². The van der Waals surface area contributed by atoms with Gasteiger partial charge in [0, 0.05) is 24.2 Å². The molecule has 3 aromatic rings. The Balaban J connectivity index is 1.35. The van der Waals surface area contributed by atoms with Gasteiger partial charge in [0.2, 0.25) is 5.91 Å². The molecule has 3 aromatic carbocycles. The summed E-state index contributed by atoms with van der Waals surface area (Å²) in [7, 11) is 0. The summed E-state index contributed by atoms with van der Waals surface area (Å²) in [5.41, 5.74) is 1.59. The van der Waals surface area contributed by atoms with Crippen molar-refractivity contribution in [2.75, 3.05) is 18.4 Å². The van der Waals surface area contributed by atoms with Gasteiger partial charge in [-0.15, -0.1) is 0 Å². The molecule has 0 saturated carbocycles. The zero-order valence-electron chi connectivity index (χ0n) is 15.5. The first-order valence-corrected chi connectivity index (χ1v) is 9.55. The first-order valence-electron chi connectivity index (χ1n) is 9.55. The van der Waals surface area contributed by atoms with Gasteiger partial charge in [-0.1, -0.05) is 42.5 Å². The number of hydrogen-bond acceptors (Lipinski definition) is 2. The van der Waals surface area contributed by atoms with Crippen LogP contribution in [0.2, 0.25) is 0 Å². The molecule has 28 heavy (non-hydrogen) atoms. The van der Waals surface area contributed by atoms with Crippen LogP contribution in [0, 0.1) is 17.6 Å². The predicted octanol–water partition coefficient (Wildman–Crippen LogP) is 4.97. The van der Waals surface area contributed by atoms with E-state index in [0.29, 0.717) is 5.69 Å². The lowest BCUT2D eigenvalue weighted by Crippen LogP contribution is -2.37. The summed E-state index contributed by atoms with van der Waals surface area (Å²) in [6.07, 6.45) is 1.50. The monoisotopic (exact) mass is 380 g/mol. The number of carbonyl (C=O) groups excluding carboxylic acids is 1. The Morgan fingerprint density at radius 2 is 1.71 bits per heavy atom. The molecule has 3 nitrogen and oxygen atoms in total. The van der Waals surface area contributed by atoms with Gasteiger partial charge in [-0.25, -0.2) is 8.78 Å². The molecule has 1 fully saturated rings. The number of piperidine rings is 1. The lowest BCUT2D eigenvalue weighted by molar-refractivity contribution is -0.121. The maximum atomic E-state index is 13.3. The summed E-state index contributed by atoms with van der Waals surface area (Å²) >= 11 is 0. The van der Waals surface area contributed by atoms with Crippen LogP contribution in [-0.4, -0.2) is 23.9 Å². The second-order valence-electron chi connectivity index (χ2n) is 7.31. The normalized spacial score (nSPS) is 15.6. The molecule has 0 radical (unpaired) electrons. The number of benzene rings is 3. The quantitative estimate of drug-likeness (QED) is 0.693. The molecule has 1 amide bonds. The zero-order chi connectivity index (χ0) is 19.5. The molecule has 1 aliphatic rings. The maximum absolute atomic E-state index is 13.3. The van der Waals surface area contributed by atoms with Crippen LogP contribution < -0.4 is 5.32 Å². The van der Waals surface area contributed by atoms with Gasteiger partial charge in [0.25, 0.3) is 0 Å². The van der Waals surface area contributed by atoms with Crippen molar-refractivity contribution in [2.45, 2.75) is 19.4 Å². The van der Waals surface area contributed by atoms with Crippen molar-refractivity contribution in [1.82, 2.24) is 4.90 Å². The summed E-state index contributed by atoms with van der Waals surface area (Å²) in [6, 6.07) is 18.1. The fourth-order valence-electron chi connectivity index (χ4n) is 3.84. The Morgan fingerprint density at radius 1 is 0.964 bits per heavy atom. The number of nitrogens with one attached hydrogen (secondary N) is 1. The number of nitrogens with zero attached hydrogens (tertiary/aromatic N) is 1. The zero-order valence-corrected chi connectivity index (χ0v) is 15.5. The number of anilines is 1. The predicted molar refractivity (Wildman–Crippen MR) is 107 cm³/mol. The number of carbonyl (C=O) groups is 1. The molecule has 1 aliphatic heterocycles. The lowest BCUT2D eigenvalue weighted by Gasteiger charge is -2.31. The molecule has 0 aliphatic carbocycles. The second kappa shape index (κ2) is 8.07. The van der Waals surface area contributed by atoms with Crippen molar-refractivity contribution in [1.29, 1.82) is 0 Å². The minimum Gasteiger partial charge on any atom is -0.326 e. The highest BCUT2D eigenvalue weighted by atomic mass is 19.2. The van der Waals surface area contributed by atoms with Crippen molar-refractivity contribution in [3.63, 3.8) is 0 Å². The first kappa shape index (κ1) is 18.6. The van der Waals surface area contributed by atoms with E-state index >= 15 is 0 Å². The van der Waals surface area contributed by atoms with Crippen LogP contribution >= 0.6 is 0 Å². The first-order chi connectivity index (χ1) is 13.6. The van der Waals surface area contributed by atoms with E-state index in [1.165, 1.54) is 22.4 Å². The number of fused-ring (bicyclic) bond motifs is 1. The van der Waals surface area contributed by atoms with E-state index in [1.54, 1.807) is 0 Å². The van der Waals surface area contributed by atoms with Crippen molar-refractivity contribution in [2.24, 2.45) is 5.92 Å². The molecule has 5 heteroatoms. The molecule has 144 valence electrons. The standard InChI is InChI=1S/C23H22F2N2O/c24-21-9-8-19(14-22(21)25)26-23(28)17-10-12-27(13-11-17)15-18-6-3-5-16-4-1-2-7-20(16)18/h1-9,14,17H,10-13,15H2,(H,26,28). The third-order valence-electron chi connectivity index (χ3n) is 5.42. The van der Waals surface area contributed by atoms with E-state index in [9.17, 15) is 13.6 Å². The van der Waals surface area contributed by atoms with Gasteiger partial charge in [0.1, 0.15) is 0 Å². The van der Waals surface area contributed by atoms with Gasteiger partial charge in [-0.3, -0.25) is 9.69 Å². The van der Waals surface area contributed by atoms with E-state index in [0.717, 1.165) is 44.6 Å². The highest BCUT2D eigenvalue weighted by Gasteiger charge is 2.25. The molecule has 1 heterocycles. The maximum Gasteiger partial charge on any atom is 0.227 e. The number of amides is 1. The van der Waals surface area contributed by atoms with Crippen molar-refractivity contribution in [3.05, 3.63) is 77.9 Å². The Bertz CT molecular complexity index is 992. The van der Waals surface area contributed by atoms with Crippen LogP contribution in [0.1, 0.15) is 18.4 Å². The Labute approximate surface area is 163 Å². The summed E-state index contributed by atoms with van der Waals surface area (Å²) < 4.78 is 26.3. The van der Waals surface area contributed by atoms with Gasteiger partial charge in [0.15, 0.2) is 11.6 Å². The minimum absolute atomic E-state index is 0.114. The second-order valence-corrected chi connectivity index (χ2v) is 7.31. The van der Waals surface area contributed by atoms with E-state index in [2.05, 4.69) is 46.6 Å². The molecule has 0 aromatic heterocycles. The minimum atomic E-state index is -0.956. The van der Waals surface area contributed by atoms with Crippen LogP contribution in [0.4, 0.5) is 14.5 Å². The summed E-state index contributed by atoms with van der Waals surface area (Å²) in [4.78, 5) is 14.8. The van der Waals surface area contributed by atoms with Gasteiger partial charge < -0.3 is 5.32 Å². The fraction of sp³-hybridized carbons (Fsp3) is 0.261. The summed E-state index contributed by atoms with van der Waals surface area (Å²) in [5, 5.41) is 5.21. The highest BCUT2D eigenvalue weighted by molar-refractivity contribution is 5.92. The molecular formula is C23H22F2N2O. The van der Waals surface area contributed by atoms with Crippen molar-refractivity contribution < 1.29 is 13.6 Å². The van der Waals surface area contributed by atoms with E-state index in [-0.39, 0.29) is 11.8 Å². The number of halogens is 2. The fourth-order valence-corrected chi connectivity index (χ4v) is 3.84. The molecule has 0 spiro atoms. The van der Waals surface area contributed by atoms with E-state index < -0.39 is 11.6 Å². The highest BCUT2D eigenvalue weighted by Crippen LogP contribution is 2.24. The van der Waals surface area contributed by atoms with Crippen LogP contribution in [0.3, 0.4) is 0 Å². The molecule has 0 unspecified atom stereocenters. The summed E-state index contributed by atoms with van der Waals surface area (Å²) in [6.45, 7) is 2.52. The lowest BCUT2D eigenvalue weighted by atomic mass is 9.95. The summed E-state index contributed by atoms with van der Waals surface area (Å²) in [5.74, 6) is -2.12. The average molecular weight is 380 g/mol. The van der Waals surface area contributed by atoms with Crippen LogP contribution in [-0.2, 0) is 11.3 Å². The average Bonchev–Trinajstić information content (AvgIpc) is 2.71. The van der Waals surface area contributed by atoms with Gasteiger partial charge in [-0.05, 0) is 54.4 Å². The van der Waals surface area contributed by atoms with Gasteiger partial charge >= 0.3 is 0 Å². The molecule has 0 bridgehead atoms. The molecule has 1 saturated heterocycles. The number of rotatable bonds is 4. The van der Waals surface area contributed by atoms with Gasteiger partial charge in [-0.2, -0.15) is 0 Å². The number of likely N-dealkylation sites (tertiary alicyclic amines) is 1. The molecule has 4 rings (SSSR count).